The van der Waals surface area contributed by atoms with Gasteiger partial charge in [0.15, 0.2) is 0 Å². The second-order valence-electron chi connectivity index (χ2n) is 3.74. The molecule has 0 radical (unpaired) electrons. The van der Waals surface area contributed by atoms with Gasteiger partial charge in [0, 0.05) is 11.8 Å². The zero-order valence-electron chi connectivity index (χ0n) is 8.55. The molecule has 1 aromatic heterocycles. The van der Waals surface area contributed by atoms with Gasteiger partial charge in [-0.2, -0.15) is 13.2 Å². The number of rotatable bonds is 2. The predicted octanol–water partition coefficient (Wildman–Crippen LogP) is 2.97. The SMILES string of the molecule is CC(C)[C@@H](c1cccnc1N)C(F)(F)F. The fourth-order valence-corrected chi connectivity index (χ4v) is 1.61. The lowest BCUT2D eigenvalue weighted by Gasteiger charge is -2.24. The van der Waals surface area contributed by atoms with Crippen molar-refractivity contribution in [1.29, 1.82) is 0 Å². The van der Waals surface area contributed by atoms with Gasteiger partial charge in [0.05, 0.1) is 5.92 Å². The molecule has 0 aliphatic heterocycles. The Morgan fingerprint density at radius 3 is 2.33 bits per heavy atom. The second kappa shape index (κ2) is 4.08. The summed E-state index contributed by atoms with van der Waals surface area (Å²) in [5, 5.41) is 0. The molecule has 0 amide bonds. The minimum absolute atomic E-state index is 0.0477. The van der Waals surface area contributed by atoms with Gasteiger partial charge in [0.25, 0.3) is 0 Å². The van der Waals surface area contributed by atoms with E-state index in [9.17, 15) is 13.2 Å². The van der Waals surface area contributed by atoms with Gasteiger partial charge in [-0.25, -0.2) is 4.98 Å². The zero-order chi connectivity index (χ0) is 11.6. The van der Waals surface area contributed by atoms with Crippen LogP contribution in [0.3, 0.4) is 0 Å². The number of hydrogen-bond acceptors (Lipinski definition) is 2. The predicted molar refractivity (Wildman–Crippen MR) is 52.3 cm³/mol. The fraction of sp³-hybridized carbons (Fsp3) is 0.500. The van der Waals surface area contributed by atoms with Crippen molar-refractivity contribution in [2.24, 2.45) is 5.92 Å². The van der Waals surface area contributed by atoms with Crippen LogP contribution in [0.25, 0.3) is 0 Å². The van der Waals surface area contributed by atoms with Crippen molar-refractivity contribution in [3.8, 4) is 0 Å². The molecule has 84 valence electrons. The van der Waals surface area contributed by atoms with Crippen molar-refractivity contribution < 1.29 is 13.2 Å². The Morgan fingerprint density at radius 1 is 1.33 bits per heavy atom. The van der Waals surface area contributed by atoms with Crippen molar-refractivity contribution in [3.05, 3.63) is 23.9 Å². The smallest absolute Gasteiger partial charge is 0.383 e. The number of aromatic nitrogens is 1. The van der Waals surface area contributed by atoms with Crippen LogP contribution in [0.1, 0.15) is 25.3 Å². The highest BCUT2D eigenvalue weighted by atomic mass is 19.4. The molecule has 2 nitrogen and oxygen atoms in total. The van der Waals surface area contributed by atoms with Crippen molar-refractivity contribution in [1.82, 2.24) is 4.98 Å². The van der Waals surface area contributed by atoms with Gasteiger partial charge in [-0.05, 0) is 12.0 Å². The highest BCUT2D eigenvalue weighted by molar-refractivity contribution is 5.42. The molecule has 0 fully saturated rings. The minimum Gasteiger partial charge on any atom is -0.383 e. The molecule has 15 heavy (non-hydrogen) atoms. The normalized spacial score (nSPS) is 14.3. The summed E-state index contributed by atoms with van der Waals surface area (Å²) in [6.07, 6.45) is -2.90. The lowest BCUT2D eigenvalue weighted by atomic mass is 9.88. The molecule has 0 aliphatic carbocycles. The molecular formula is C10H13F3N2. The average molecular weight is 218 g/mol. The maximum atomic E-state index is 12.8. The summed E-state index contributed by atoms with van der Waals surface area (Å²) >= 11 is 0. The quantitative estimate of drug-likeness (QED) is 0.828. The van der Waals surface area contributed by atoms with E-state index in [1.54, 1.807) is 0 Å². The minimum atomic E-state index is -4.29. The van der Waals surface area contributed by atoms with Gasteiger partial charge in [0.2, 0.25) is 0 Å². The summed E-state index contributed by atoms with van der Waals surface area (Å²) in [7, 11) is 0. The van der Waals surface area contributed by atoms with Gasteiger partial charge < -0.3 is 5.73 Å². The van der Waals surface area contributed by atoms with Crippen LogP contribution in [0.4, 0.5) is 19.0 Å². The van der Waals surface area contributed by atoms with E-state index in [1.165, 1.54) is 32.2 Å². The maximum absolute atomic E-state index is 12.8. The molecule has 0 spiro atoms. The zero-order valence-corrected chi connectivity index (χ0v) is 8.55. The number of nitrogens with zero attached hydrogens (tertiary/aromatic N) is 1. The third-order valence-corrected chi connectivity index (χ3v) is 2.23. The van der Waals surface area contributed by atoms with Crippen molar-refractivity contribution in [2.45, 2.75) is 25.9 Å². The molecule has 0 aromatic carbocycles. The summed E-state index contributed by atoms with van der Waals surface area (Å²) in [5.41, 5.74) is 5.50. The number of nitrogen functional groups attached to an aromatic ring is 1. The third kappa shape index (κ3) is 2.61. The van der Waals surface area contributed by atoms with E-state index in [1.807, 2.05) is 0 Å². The lowest BCUT2D eigenvalue weighted by Crippen LogP contribution is -2.26. The molecule has 0 saturated heterocycles. The third-order valence-electron chi connectivity index (χ3n) is 2.23. The van der Waals surface area contributed by atoms with Crippen molar-refractivity contribution in [3.63, 3.8) is 0 Å². The summed E-state index contributed by atoms with van der Waals surface area (Å²) < 4.78 is 38.3. The number of anilines is 1. The highest BCUT2D eigenvalue weighted by Crippen LogP contribution is 2.41. The van der Waals surface area contributed by atoms with E-state index in [-0.39, 0.29) is 11.4 Å². The Hall–Kier alpha value is -1.26. The summed E-state index contributed by atoms with van der Waals surface area (Å²) in [5.74, 6) is -2.16. The van der Waals surface area contributed by atoms with E-state index in [4.69, 9.17) is 5.73 Å². The van der Waals surface area contributed by atoms with Crippen LogP contribution in [-0.2, 0) is 0 Å². The van der Waals surface area contributed by atoms with E-state index in [0.717, 1.165) is 0 Å². The summed E-state index contributed by atoms with van der Waals surface area (Å²) in [4.78, 5) is 3.67. The highest BCUT2D eigenvalue weighted by Gasteiger charge is 2.43. The molecule has 5 heteroatoms. The monoisotopic (exact) mass is 218 g/mol. The first kappa shape index (κ1) is 11.8. The number of halogens is 3. The number of hydrogen-bond donors (Lipinski definition) is 1. The summed E-state index contributed by atoms with van der Waals surface area (Å²) in [6, 6.07) is 2.84. The van der Waals surface area contributed by atoms with Crippen LogP contribution in [0.5, 0.6) is 0 Å². The Labute approximate surface area is 86.3 Å². The molecule has 0 unspecified atom stereocenters. The lowest BCUT2D eigenvalue weighted by molar-refractivity contribution is -0.159. The van der Waals surface area contributed by atoms with Gasteiger partial charge in [0.1, 0.15) is 5.82 Å². The van der Waals surface area contributed by atoms with Crippen molar-refractivity contribution >= 4 is 5.82 Å². The Morgan fingerprint density at radius 2 is 1.93 bits per heavy atom. The molecule has 1 rings (SSSR count). The second-order valence-corrected chi connectivity index (χ2v) is 3.74. The molecule has 0 aliphatic rings. The van der Waals surface area contributed by atoms with Gasteiger partial charge in [-0.3, -0.25) is 0 Å². The molecule has 0 saturated carbocycles. The van der Waals surface area contributed by atoms with Crippen LogP contribution in [0.15, 0.2) is 18.3 Å². The van der Waals surface area contributed by atoms with E-state index < -0.39 is 18.0 Å². The van der Waals surface area contributed by atoms with Gasteiger partial charge in [-0.15, -0.1) is 0 Å². The molecule has 1 heterocycles. The Kier molecular flexibility index (Phi) is 3.21. The van der Waals surface area contributed by atoms with Gasteiger partial charge >= 0.3 is 6.18 Å². The standard InChI is InChI=1S/C10H13F3N2/c1-6(2)8(10(11,12)13)7-4-3-5-15-9(7)14/h3-6,8H,1-2H3,(H2,14,15)/t8-/m0/s1. The largest absolute Gasteiger partial charge is 0.396 e. The molecule has 1 atom stereocenters. The van der Waals surface area contributed by atoms with Crippen LogP contribution in [0.2, 0.25) is 0 Å². The van der Waals surface area contributed by atoms with E-state index in [2.05, 4.69) is 4.98 Å². The van der Waals surface area contributed by atoms with E-state index in [0.29, 0.717) is 0 Å². The molecule has 1 aromatic rings. The van der Waals surface area contributed by atoms with Crippen LogP contribution in [-0.4, -0.2) is 11.2 Å². The number of nitrogens with two attached hydrogens (primary N) is 1. The Bertz CT molecular complexity index is 334. The number of alkyl halides is 3. The van der Waals surface area contributed by atoms with Crippen molar-refractivity contribution in [2.75, 3.05) is 5.73 Å². The van der Waals surface area contributed by atoms with Gasteiger partial charge in [-0.1, -0.05) is 19.9 Å². The first-order chi connectivity index (χ1) is 6.84. The van der Waals surface area contributed by atoms with Crippen LogP contribution < -0.4 is 5.73 Å². The first-order valence-corrected chi connectivity index (χ1v) is 4.61. The molecule has 2 N–H and O–H groups in total. The van der Waals surface area contributed by atoms with Crippen LogP contribution in [0, 0.1) is 5.92 Å². The van der Waals surface area contributed by atoms with Crippen LogP contribution >= 0.6 is 0 Å². The fourth-order valence-electron chi connectivity index (χ4n) is 1.61. The Balaban J connectivity index is 3.17. The number of pyridine rings is 1. The first-order valence-electron chi connectivity index (χ1n) is 4.61. The topological polar surface area (TPSA) is 38.9 Å². The molecule has 0 bridgehead atoms. The molecular weight excluding hydrogens is 205 g/mol. The van der Waals surface area contributed by atoms with E-state index >= 15 is 0 Å². The summed E-state index contributed by atoms with van der Waals surface area (Å²) in [6.45, 7) is 3.04. The average Bonchev–Trinajstić information content (AvgIpc) is 2.05. The maximum Gasteiger partial charge on any atom is 0.396 e.